The molecule has 1 aromatic carbocycles. The molecule has 0 unspecified atom stereocenters. The van der Waals surface area contributed by atoms with Crippen LogP contribution in [-0.4, -0.2) is 24.7 Å². The Balaban J connectivity index is 1.62. The first-order valence-electron chi connectivity index (χ1n) is 7.81. The topological polar surface area (TPSA) is 56.5 Å². The lowest BCUT2D eigenvalue weighted by Gasteiger charge is -2.07. The lowest BCUT2D eigenvalue weighted by Crippen LogP contribution is -1.99. The molecule has 0 bridgehead atoms. The van der Waals surface area contributed by atoms with Gasteiger partial charge in [0.25, 0.3) is 0 Å². The molecule has 0 amide bonds. The molecule has 0 aliphatic carbocycles. The van der Waals surface area contributed by atoms with E-state index in [1.165, 1.54) is 16.5 Å². The molecular weight excluding hydrogens is 382 g/mol. The lowest BCUT2D eigenvalue weighted by molar-refractivity contribution is 0.881. The molecular formula is C18H11N5S3. The molecule has 8 heteroatoms. The first-order chi connectivity index (χ1) is 12.9. The predicted octanol–water partition coefficient (Wildman–Crippen LogP) is 5.15. The number of aromatic nitrogens is 5. The fourth-order valence-electron chi connectivity index (χ4n) is 2.59. The van der Waals surface area contributed by atoms with Crippen molar-refractivity contribution in [3.63, 3.8) is 0 Å². The van der Waals surface area contributed by atoms with Crippen molar-refractivity contribution in [1.29, 1.82) is 0 Å². The van der Waals surface area contributed by atoms with Gasteiger partial charge in [0, 0.05) is 6.20 Å². The minimum absolute atomic E-state index is 0.778. The summed E-state index contributed by atoms with van der Waals surface area (Å²) in [6.45, 7) is 0. The Morgan fingerprint density at radius 3 is 2.73 bits per heavy atom. The van der Waals surface area contributed by atoms with Gasteiger partial charge in [-0.3, -0.25) is 9.55 Å². The summed E-state index contributed by atoms with van der Waals surface area (Å²) in [6, 6.07) is 16.1. The third-order valence-electron chi connectivity index (χ3n) is 3.73. The predicted molar refractivity (Wildman–Crippen MR) is 106 cm³/mol. The number of para-hydroxylation sites is 1. The Bertz CT molecular complexity index is 1130. The van der Waals surface area contributed by atoms with Crippen LogP contribution in [0.4, 0.5) is 0 Å². The van der Waals surface area contributed by atoms with E-state index in [9.17, 15) is 0 Å². The van der Waals surface area contributed by atoms with Crippen molar-refractivity contribution in [2.24, 2.45) is 0 Å². The second-order valence-electron chi connectivity index (χ2n) is 5.38. The van der Waals surface area contributed by atoms with Crippen LogP contribution < -0.4 is 0 Å². The summed E-state index contributed by atoms with van der Waals surface area (Å²) < 4.78 is 4.15. The second kappa shape index (κ2) is 6.64. The number of hydrogen-bond donors (Lipinski definition) is 0. The van der Waals surface area contributed by atoms with Gasteiger partial charge in [-0.25, -0.2) is 4.98 Å². The van der Waals surface area contributed by atoms with E-state index in [1.807, 2.05) is 58.6 Å². The van der Waals surface area contributed by atoms with Crippen LogP contribution in [0, 0.1) is 0 Å². The Morgan fingerprint density at radius 2 is 1.92 bits per heavy atom. The number of nitrogens with zero attached hydrogens (tertiary/aromatic N) is 5. The summed E-state index contributed by atoms with van der Waals surface area (Å²) in [5.74, 6) is 0.816. The number of hydrogen-bond acceptors (Lipinski definition) is 7. The van der Waals surface area contributed by atoms with Gasteiger partial charge in [-0.15, -0.1) is 32.9 Å². The average Bonchev–Trinajstić information content (AvgIpc) is 3.41. The Labute approximate surface area is 161 Å². The van der Waals surface area contributed by atoms with Crippen molar-refractivity contribution in [3.8, 4) is 16.4 Å². The van der Waals surface area contributed by atoms with Crippen LogP contribution in [0.3, 0.4) is 0 Å². The molecule has 5 aromatic rings. The molecule has 0 N–H and O–H groups in total. The maximum atomic E-state index is 4.70. The minimum atomic E-state index is 0.778. The summed E-state index contributed by atoms with van der Waals surface area (Å²) in [4.78, 5) is 10.0. The second-order valence-corrected chi connectivity index (χ2v) is 8.57. The molecule has 0 spiro atoms. The molecule has 4 aromatic heterocycles. The summed E-state index contributed by atoms with van der Waals surface area (Å²) in [5, 5.41) is 11.7. The van der Waals surface area contributed by atoms with Crippen LogP contribution >= 0.6 is 34.4 Å². The smallest absolute Gasteiger partial charge is 0.203 e. The maximum Gasteiger partial charge on any atom is 0.203 e. The highest BCUT2D eigenvalue weighted by atomic mass is 32.2. The maximum absolute atomic E-state index is 4.70. The van der Waals surface area contributed by atoms with Crippen molar-refractivity contribution in [1.82, 2.24) is 24.7 Å². The molecule has 0 fully saturated rings. The van der Waals surface area contributed by atoms with E-state index in [2.05, 4.69) is 21.2 Å². The van der Waals surface area contributed by atoms with Crippen LogP contribution in [0.5, 0.6) is 0 Å². The SMILES string of the molecule is c1cncc(-n2c(Sc3nc4ccccc4s3)nnc2-c2cccs2)c1. The van der Waals surface area contributed by atoms with Crippen molar-refractivity contribution >= 4 is 44.7 Å². The molecule has 5 rings (SSSR count). The van der Waals surface area contributed by atoms with Gasteiger partial charge in [-0.2, -0.15) is 0 Å². The molecule has 0 saturated heterocycles. The number of fused-ring (bicyclic) bond motifs is 1. The monoisotopic (exact) mass is 393 g/mol. The van der Waals surface area contributed by atoms with Gasteiger partial charge in [0.05, 0.1) is 27.0 Å². The highest BCUT2D eigenvalue weighted by molar-refractivity contribution is 8.01. The van der Waals surface area contributed by atoms with E-state index < -0.39 is 0 Å². The molecule has 0 saturated carbocycles. The number of pyridine rings is 1. The van der Waals surface area contributed by atoms with Crippen molar-refractivity contribution in [2.75, 3.05) is 0 Å². The number of benzene rings is 1. The summed E-state index contributed by atoms with van der Waals surface area (Å²) >= 11 is 4.83. The fraction of sp³-hybridized carbons (Fsp3) is 0. The summed E-state index contributed by atoms with van der Waals surface area (Å²) in [7, 11) is 0. The number of thiophene rings is 1. The van der Waals surface area contributed by atoms with E-state index in [-0.39, 0.29) is 0 Å². The van der Waals surface area contributed by atoms with E-state index in [1.54, 1.807) is 28.9 Å². The van der Waals surface area contributed by atoms with Crippen LogP contribution in [0.25, 0.3) is 26.6 Å². The first kappa shape index (κ1) is 15.7. The largest absolute Gasteiger partial charge is 0.267 e. The van der Waals surface area contributed by atoms with Crippen LogP contribution in [0.2, 0.25) is 0 Å². The zero-order valence-electron chi connectivity index (χ0n) is 13.3. The van der Waals surface area contributed by atoms with E-state index in [0.717, 1.165) is 31.4 Å². The average molecular weight is 394 g/mol. The zero-order valence-corrected chi connectivity index (χ0v) is 15.8. The number of rotatable bonds is 4. The standard InChI is InChI=1S/C18H11N5S3/c1-2-7-14-13(6-1)20-18(25-14)26-17-22-21-16(15-8-4-10-24-15)23(17)12-5-3-9-19-11-12/h1-11H. The third-order valence-corrected chi connectivity index (χ3v) is 6.64. The van der Waals surface area contributed by atoms with Gasteiger partial charge in [0.15, 0.2) is 10.2 Å². The van der Waals surface area contributed by atoms with Gasteiger partial charge in [0.1, 0.15) is 0 Å². The number of thiazole rings is 1. The highest BCUT2D eigenvalue weighted by Crippen LogP contribution is 2.36. The zero-order chi connectivity index (χ0) is 17.3. The van der Waals surface area contributed by atoms with Crippen molar-refractivity contribution in [2.45, 2.75) is 9.50 Å². The molecule has 26 heavy (non-hydrogen) atoms. The molecule has 0 radical (unpaired) electrons. The Hall–Kier alpha value is -2.55. The third kappa shape index (κ3) is 2.82. The van der Waals surface area contributed by atoms with Crippen LogP contribution in [-0.2, 0) is 0 Å². The van der Waals surface area contributed by atoms with Crippen molar-refractivity contribution < 1.29 is 0 Å². The van der Waals surface area contributed by atoms with E-state index in [4.69, 9.17) is 4.98 Å². The Kier molecular flexibility index (Phi) is 4.00. The van der Waals surface area contributed by atoms with Gasteiger partial charge in [0.2, 0.25) is 5.16 Å². The lowest BCUT2D eigenvalue weighted by atomic mass is 10.3. The minimum Gasteiger partial charge on any atom is -0.267 e. The molecule has 5 nitrogen and oxygen atoms in total. The van der Waals surface area contributed by atoms with E-state index >= 15 is 0 Å². The summed E-state index contributed by atoms with van der Waals surface area (Å²) in [5.41, 5.74) is 1.94. The van der Waals surface area contributed by atoms with Crippen LogP contribution in [0.1, 0.15) is 0 Å². The fourth-order valence-corrected chi connectivity index (χ4v) is 5.31. The molecule has 0 atom stereocenters. The van der Waals surface area contributed by atoms with Gasteiger partial charge in [-0.1, -0.05) is 18.2 Å². The molecule has 0 aliphatic rings. The molecule has 126 valence electrons. The molecule has 0 aliphatic heterocycles. The van der Waals surface area contributed by atoms with Gasteiger partial charge < -0.3 is 0 Å². The van der Waals surface area contributed by atoms with Crippen molar-refractivity contribution in [3.05, 3.63) is 66.3 Å². The quantitative estimate of drug-likeness (QED) is 0.422. The highest BCUT2D eigenvalue weighted by Gasteiger charge is 2.19. The molecule has 4 heterocycles. The normalized spacial score (nSPS) is 11.2. The van der Waals surface area contributed by atoms with E-state index in [0.29, 0.717) is 0 Å². The van der Waals surface area contributed by atoms with Crippen LogP contribution in [0.15, 0.2) is 75.8 Å². The van der Waals surface area contributed by atoms with Gasteiger partial charge >= 0.3 is 0 Å². The summed E-state index contributed by atoms with van der Waals surface area (Å²) in [6.07, 6.45) is 3.59. The van der Waals surface area contributed by atoms with Gasteiger partial charge in [-0.05, 0) is 47.5 Å². The Morgan fingerprint density at radius 1 is 0.962 bits per heavy atom. The first-order valence-corrected chi connectivity index (χ1v) is 10.3.